The molecule has 5 rings (SSSR count). The molecule has 0 saturated carbocycles. The maximum atomic E-state index is 14.2. The van der Waals surface area contributed by atoms with Crippen LogP contribution in [0.3, 0.4) is 0 Å². The van der Waals surface area contributed by atoms with Crippen molar-refractivity contribution in [3.63, 3.8) is 0 Å². The first-order chi connectivity index (χ1) is 19.5. The van der Waals surface area contributed by atoms with Gasteiger partial charge in [0, 0.05) is 24.7 Å². The predicted octanol–water partition coefficient (Wildman–Crippen LogP) is 5.11. The Kier molecular flexibility index (Phi) is 7.73. The maximum Gasteiger partial charge on any atom is 0.348 e. The number of rotatable bonds is 9. The van der Waals surface area contributed by atoms with Crippen molar-refractivity contribution in [2.45, 2.75) is 24.5 Å². The summed E-state index contributed by atoms with van der Waals surface area (Å²) >= 11 is 0. The Balaban J connectivity index is 1.74. The Bertz CT molecular complexity index is 1470. The van der Waals surface area contributed by atoms with Gasteiger partial charge in [0.05, 0.1) is 20.6 Å². The number of carbonyl (C=O) groups is 2. The molecule has 4 aromatic carbocycles. The molecule has 0 bridgehead atoms. The topological polar surface area (TPSA) is 85.3 Å². The van der Waals surface area contributed by atoms with Crippen LogP contribution in [0.2, 0.25) is 0 Å². The van der Waals surface area contributed by atoms with Gasteiger partial charge in [-0.3, -0.25) is 4.79 Å². The van der Waals surface area contributed by atoms with Crippen molar-refractivity contribution in [2.75, 3.05) is 20.8 Å². The lowest BCUT2D eigenvalue weighted by Gasteiger charge is -2.51. The van der Waals surface area contributed by atoms with Crippen LogP contribution in [0.15, 0.2) is 103 Å². The second kappa shape index (κ2) is 11.5. The van der Waals surface area contributed by atoms with Gasteiger partial charge in [0.2, 0.25) is 12.0 Å². The van der Waals surface area contributed by atoms with Crippen LogP contribution in [0.4, 0.5) is 0 Å². The molecular formula is C33H31NO6. The summed E-state index contributed by atoms with van der Waals surface area (Å²) in [6.45, 7) is 0.326. The van der Waals surface area contributed by atoms with Gasteiger partial charge in [-0.25, -0.2) is 4.79 Å². The molecular weight excluding hydrogens is 506 g/mol. The molecule has 0 unspecified atom stereocenters. The Morgan fingerprint density at radius 1 is 0.825 bits per heavy atom. The third-order valence-electron chi connectivity index (χ3n) is 7.35. The van der Waals surface area contributed by atoms with Crippen LogP contribution in [0.25, 0.3) is 0 Å². The molecule has 40 heavy (non-hydrogen) atoms. The number of hydrogen-bond acceptors (Lipinski definition) is 5. The molecule has 7 heteroatoms. The summed E-state index contributed by atoms with van der Waals surface area (Å²) in [5.41, 5.74) is 1.71. The smallest absolute Gasteiger partial charge is 0.348 e. The number of nitrogens with zero attached hydrogens (tertiary/aromatic N) is 1. The summed E-state index contributed by atoms with van der Waals surface area (Å²) in [6, 6.07) is 31.3. The molecule has 4 aromatic rings. The van der Waals surface area contributed by atoms with Crippen LogP contribution in [0.5, 0.6) is 17.2 Å². The molecule has 0 saturated heterocycles. The zero-order valence-electron chi connectivity index (χ0n) is 22.4. The largest absolute Gasteiger partial charge is 0.496 e. The number of ether oxygens (including phenoxy) is 3. The van der Waals surface area contributed by atoms with Crippen LogP contribution in [0, 0.1) is 0 Å². The van der Waals surface area contributed by atoms with Gasteiger partial charge in [-0.2, -0.15) is 0 Å². The number of fused-ring (bicyclic) bond motifs is 1. The van der Waals surface area contributed by atoms with Crippen molar-refractivity contribution < 1.29 is 28.9 Å². The molecule has 1 aliphatic rings. The second-order valence-corrected chi connectivity index (χ2v) is 9.63. The van der Waals surface area contributed by atoms with E-state index in [4.69, 9.17) is 14.2 Å². The minimum absolute atomic E-state index is 0.122. The van der Waals surface area contributed by atoms with Gasteiger partial charge in [0.1, 0.15) is 22.8 Å². The first-order valence-corrected chi connectivity index (χ1v) is 13.1. The van der Waals surface area contributed by atoms with Crippen molar-refractivity contribution in [1.82, 2.24) is 4.90 Å². The molecule has 1 aliphatic heterocycles. The Labute approximate surface area is 233 Å². The van der Waals surface area contributed by atoms with Crippen LogP contribution in [-0.2, 0) is 28.0 Å². The molecule has 2 atom stereocenters. The molecule has 0 aromatic heterocycles. The van der Waals surface area contributed by atoms with Crippen molar-refractivity contribution in [2.24, 2.45) is 0 Å². The highest BCUT2D eigenvalue weighted by Crippen LogP contribution is 2.46. The standard InChI is InChI=1S/C33H31NO6/c1-38-26-20-27(39-2)22-28(21-26)40-31(32(36)37)33(25-14-7-4-8-15-25)29-16-10-9-13-24(29)17-18-34(33)30(35)19-23-11-5-3-6-12-23/h3-16,20-22,31H,17-19H2,1-2H3,(H,36,37)/t31-,33+/m1/s1. The van der Waals surface area contributed by atoms with Crippen LogP contribution < -0.4 is 14.2 Å². The Morgan fingerprint density at radius 3 is 2.02 bits per heavy atom. The van der Waals surface area contributed by atoms with Crippen molar-refractivity contribution >= 4 is 11.9 Å². The quantitative estimate of drug-likeness (QED) is 0.320. The highest BCUT2D eigenvalue weighted by molar-refractivity contribution is 5.85. The molecule has 204 valence electrons. The second-order valence-electron chi connectivity index (χ2n) is 9.63. The molecule has 7 nitrogen and oxygen atoms in total. The lowest BCUT2D eigenvalue weighted by Crippen LogP contribution is -2.64. The van der Waals surface area contributed by atoms with Crippen LogP contribution in [0.1, 0.15) is 22.3 Å². The van der Waals surface area contributed by atoms with Crippen molar-refractivity contribution in [3.8, 4) is 17.2 Å². The van der Waals surface area contributed by atoms with E-state index in [-0.39, 0.29) is 18.1 Å². The third-order valence-corrected chi connectivity index (χ3v) is 7.35. The third kappa shape index (κ3) is 4.98. The van der Waals surface area contributed by atoms with Gasteiger partial charge < -0.3 is 24.2 Å². The number of hydrogen-bond donors (Lipinski definition) is 1. The number of methoxy groups -OCH3 is 2. The van der Waals surface area contributed by atoms with E-state index in [0.717, 1.165) is 16.7 Å². The van der Waals surface area contributed by atoms with E-state index in [1.165, 1.54) is 14.2 Å². The van der Waals surface area contributed by atoms with Crippen molar-refractivity contribution in [1.29, 1.82) is 0 Å². The summed E-state index contributed by atoms with van der Waals surface area (Å²) in [5.74, 6) is -0.249. The van der Waals surface area contributed by atoms with E-state index in [9.17, 15) is 14.7 Å². The fourth-order valence-electron chi connectivity index (χ4n) is 5.59. The van der Waals surface area contributed by atoms with Gasteiger partial charge in [-0.05, 0) is 28.7 Å². The summed E-state index contributed by atoms with van der Waals surface area (Å²) < 4.78 is 17.2. The molecule has 0 fully saturated rings. The van der Waals surface area contributed by atoms with E-state index in [0.29, 0.717) is 30.0 Å². The average molecular weight is 538 g/mol. The summed E-state index contributed by atoms with van der Waals surface area (Å²) in [5, 5.41) is 10.9. The minimum Gasteiger partial charge on any atom is -0.496 e. The predicted molar refractivity (Wildman–Crippen MR) is 151 cm³/mol. The minimum atomic E-state index is -1.51. The van der Waals surface area contributed by atoms with Gasteiger partial charge in [-0.1, -0.05) is 84.9 Å². The van der Waals surface area contributed by atoms with Crippen LogP contribution in [-0.4, -0.2) is 48.8 Å². The van der Waals surface area contributed by atoms with Gasteiger partial charge >= 0.3 is 5.97 Å². The summed E-state index contributed by atoms with van der Waals surface area (Å²) in [4.78, 5) is 29.2. The average Bonchev–Trinajstić information content (AvgIpc) is 2.99. The molecule has 1 N–H and O–H groups in total. The normalized spacial score (nSPS) is 16.9. The molecule has 0 aliphatic carbocycles. The first kappa shape index (κ1) is 26.8. The Hall–Kier alpha value is -4.78. The lowest BCUT2D eigenvalue weighted by molar-refractivity contribution is -0.157. The zero-order valence-corrected chi connectivity index (χ0v) is 22.4. The maximum absolute atomic E-state index is 14.2. The monoisotopic (exact) mass is 537 g/mol. The first-order valence-electron chi connectivity index (χ1n) is 13.1. The van der Waals surface area contributed by atoms with Crippen LogP contribution >= 0.6 is 0 Å². The highest BCUT2D eigenvalue weighted by Gasteiger charge is 2.56. The van der Waals surface area contributed by atoms with E-state index < -0.39 is 17.6 Å². The molecule has 1 amide bonds. The van der Waals surface area contributed by atoms with Gasteiger partial charge in [0.25, 0.3) is 0 Å². The number of benzene rings is 4. The van der Waals surface area contributed by atoms with Crippen molar-refractivity contribution in [3.05, 3.63) is 125 Å². The number of carboxylic acid groups (broad SMARTS) is 1. The number of aliphatic carboxylic acids is 1. The number of carbonyl (C=O) groups excluding carboxylic acids is 1. The number of amides is 1. The van der Waals surface area contributed by atoms with E-state index in [2.05, 4.69) is 0 Å². The molecule has 0 spiro atoms. The van der Waals surface area contributed by atoms with Gasteiger partial charge in [-0.15, -0.1) is 0 Å². The van der Waals surface area contributed by atoms with Gasteiger partial charge in [0.15, 0.2) is 0 Å². The lowest BCUT2D eigenvalue weighted by atomic mass is 9.71. The van der Waals surface area contributed by atoms with E-state index in [1.807, 2.05) is 84.9 Å². The summed E-state index contributed by atoms with van der Waals surface area (Å²) in [6.07, 6.45) is -0.797. The highest BCUT2D eigenvalue weighted by atomic mass is 16.5. The van der Waals surface area contributed by atoms with E-state index in [1.54, 1.807) is 23.1 Å². The number of carboxylic acids is 1. The molecule has 0 radical (unpaired) electrons. The SMILES string of the molecule is COc1cc(OC)cc(O[C@H](C(=O)O)[C@]2(c3ccccc3)c3ccccc3CCN2C(=O)Cc2ccccc2)c1. The van der Waals surface area contributed by atoms with E-state index >= 15 is 0 Å². The fourth-order valence-corrected chi connectivity index (χ4v) is 5.59. The summed E-state index contributed by atoms with van der Waals surface area (Å²) in [7, 11) is 3.03. The molecule has 1 heterocycles. The zero-order chi connectivity index (χ0) is 28.1. The fraction of sp³-hybridized carbons (Fsp3) is 0.212. The Morgan fingerprint density at radius 2 is 1.40 bits per heavy atom.